The minimum Gasteiger partial charge on any atom is -0.382 e. The summed E-state index contributed by atoms with van der Waals surface area (Å²) >= 11 is 0. The Kier molecular flexibility index (Phi) is 3.20. The molecule has 3 heterocycles. The number of nitrogens with two attached hydrogens (primary N) is 1. The summed E-state index contributed by atoms with van der Waals surface area (Å²) in [5, 5.41) is 0. The second-order valence-corrected chi connectivity index (χ2v) is 5.18. The predicted octanol–water partition coefficient (Wildman–Crippen LogP) is 2.47. The maximum Gasteiger partial charge on any atom is 0.181 e. The topological polar surface area (TPSA) is 82.5 Å². The monoisotopic (exact) mass is 302 g/mol. The largest absolute Gasteiger partial charge is 0.382 e. The smallest absolute Gasteiger partial charge is 0.181 e. The third kappa shape index (κ3) is 2.50. The highest BCUT2D eigenvalue weighted by atomic mass is 15.2. The molecule has 0 aliphatic carbocycles. The normalized spacial score (nSPS) is 11.0. The van der Waals surface area contributed by atoms with Crippen molar-refractivity contribution in [1.82, 2.24) is 24.5 Å². The molecular weight excluding hydrogens is 288 g/mol. The zero-order valence-corrected chi connectivity index (χ0v) is 12.3. The van der Waals surface area contributed by atoms with Crippen molar-refractivity contribution in [3.8, 4) is 23.0 Å². The fraction of sp³-hybridized carbons (Fsp3) is 0.0588. The van der Waals surface area contributed by atoms with E-state index in [1.54, 1.807) is 12.5 Å². The highest BCUT2D eigenvalue weighted by molar-refractivity contribution is 5.70. The number of pyridine rings is 1. The van der Waals surface area contributed by atoms with Gasteiger partial charge in [-0.05, 0) is 17.7 Å². The van der Waals surface area contributed by atoms with Crippen LogP contribution in [0.2, 0.25) is 0 Å². The molecule has 2 aliphatic heterocycles. The van der Waals surface area contributed by atoms with E-state index >= 15 is 0 Å². The van der Waals surface area contributed by atoms with E-state index in [0.717, 1.165) is 11.3 Å². The van der Waals surface area contributed by atoms with Crippen molar-refractivity contribution in [3.05, 3.63) is 66.6 Å². The molecule has 0 atom stereocenters. The fourth-order valence-electron chi connectivity index (χ4n) is 2.46. The van der Waals surface area contributed by atoms with E-state index in [4.69, 9.17) is 5.73 Å². The summed E-state index contributed by atoms with van der Waals surface area (Å²) in [6.45, 7) is 0.658. The molecule has 0 saturated heterocycles. The number of anilines is 1. The summed E-state index contributed by atoms with van der Waals surface area (Å²) in [6.07, 6.45) is 3.41. The van der Waals surface area contributed by atoms with Crippen LogP contribution < -0.4 is 5.73 Å². The van der Waals surface area contributed by atoms with Crippen molar-refractivity contribution in [3.63, 3.8) is 0 Å². The molecule has 0 fully saturated rings. The Morgan fingerprint density at radius 2 is 1.74 bits per heavy atom. The van der Waals surface area contributed by atoms with E-state index in [-0.39, 0.29) is 0 Å². The summed E-state index contributed by atoms with van der Waals surface area (Å²) < 4.78 is 1.94. The van der Waals surface area contributed by atoms with Gasteiger partial charge in [-0.1, -0.05) is 36.4 Å². The highest BCUT2D eigenvalue weighted by Crippen LogP contribution is 2.27. The Bertz CT molecular complexity index is 901. The van der Waals surface area contributed by atoms with Crippen LogP contribution in [0.3, 0.4) is 0 Å². The van der Waals surface area contributed by atoms with Crippen LogP contribution in [0.5, 0.6) is 0 Å². The van der Waals surface area contributed by atoms with Crippen molar-refractivity contribution in [2.45, 2.75) is 6.54 Å². The summed E-state index contributed by atoms with van der Waals surface area (Å²) in [6, 6.07) is 15.8. The number of hydrogen-bond acceptors (Lipinski definition) is 5. The van der Waals surface area contributed by atoms with E-state index in [1.807, 2.05) is 41.0 Å². The van der Waals surface area contributed by atoms with Crippen LogP contribution in [0.25, 0.3) is 23.0 Å². The van der Waals surface area contributed by atoms with E-state index in [1.165, 1.54) is 0 Å². The van der Waals surface area contributed by atoms with Crippen LogP contribution in [0, 0.1) is 0 Å². The fourth-order valence-corrected chi connectivity index (χ4v) is 2.46. The first kappa shape index (κ1) is 13.4. The molecule has 0 spiro atoms. The number of rotatable bonds is 3. The molecule has 1 aromatic heterocycles. The average molecular weight is 302 g/mol. The lowest BCUT2D eigenvalue weighted by Gasteiger charge is -2.11. The van der Waals surface area contributed by atoms with Crippen LogP contribution in [0.4, 0.5) is 5.82 Å². The van der Waals surface area contributed by atoms with Crippen molar-refractivity contribution in [2.24, 2.45) is 0 Å². The molecule has 2 aliphatic rings. The third-order valence-electron chi connectivity index (χ3n) is 3.58. The van der Waals surface area contributed by atoms with E-state index in [2.05, 4.69) is 32.1 Å². The number of fused-ring (bicyclic) bond motifs is 1. The molecule has 0 unspecified atom stereocenters. The molecular formula is C17H14N6. The van der Waals surface area contributed by atoms with Gasteiger partial charge < -0.3 is 10.3 Å². The van der Waals surface area contributed by atoms with Gasteiger partial charge in [0.25, 0.3) is 0 Å². The molecule has 6 heteroatoms. The molecule has 0 saturated carbocycles. The van der Waals surface area contributed by atoms with Crippen LogP contribution in [-0.2, 0) is 6.54 Å². The first-order chi connectivity index (χ1) is 11.3. The lowest BCUT2D eigenvalue weighted by Crippen LogP contribution is -2.09. The zero-order valence-electron chi connectivity index (χ0n) is 12.3. The Hall–Kier alpha value is -3.28. The number of hydrogen-bond donors (Lipinski definition) is 1. The molecule has 0 amide bonds. The van der Waals surface area contributed by atoms with Gasteiger partial charge in [0, 0.05) is 6.20 Å². The van der Waals surface area contributed by atoms with Crippen molar-refractivity contribution < 1.29 is 0 Å². The maximum absolute atomic E-state index is 5.96. The Balaban J connectivity index is 1.81. The van der Waals surface area contributed by atoms with Gasteiger partial charge in [-0.15, -0.1) is 0 Å². The first-order valence-corrected chi connectivity index (χ1v) is 7.25. The molecule has 0 bridgehead atoms. The predicted molar refractivity (Wildman–Crippen MR) is 87.6 cm³/mol. The minimum atomic E-state index is 0.374. The molecule has 112 valence electrons. The lowest BCUT2D eigenvalue weighted by molar-refractivity contribution is 0.763. The second kappa shape index (κ2) is 5.49. The third-order valence-corrected chi connectivity index (χ3v) is 3.58. The van der Waals surface area contributed by atoms with Gasteiger partial charge in [0.15, 0.2) is 23.2 Å². The first-order valence-electron chi connectivity index (χ1n) is 7.25. The van der Waals surface area contributed by atoms with Crippen LogP contribution >= 0.6 is 0 Å². The number of nitrogen functional groups attached to an aromatic ring is 1. The second-order valence-electron chi connectivity index (χ2n) is 5.18. The standard InChI is InChI=1S/C17H14N6/c18-15-14-17(22-16(21-14)13-8-4-5-9-19-13)23(11-20-15)10-12-6-2-1-3-7-12/h1-9,11H,10,18H2. The number of imidazole rings is 1. The highest BCUT2D eigenvalue weighted by Gasteiger charge is 2.20. The SMILES string of the molecule is Nc1ncn(Cc2ccccc2)c2nc(-c3ccccn3)nc1-2. The van der Waals surface area contributed by atoms with Gasteiger partial charge >= 0.3 is 0 Å². The van der Waals surface area contributed by atoms with E-state index < -0.39 is 0 Å². The van der Waals surface area contributed by atoms with E-state index in [9.17, 15) is 0 Å². The minimum absolute atomic E-state index is 0.374. The Morgan fingerprint density at radius 1 is 0.913 bits per heavy atom. The molecule has 0 radical (unpaired) electrons. The summed E-state index contributed by atoms with van der Waals surface area (Å²) in [5.41, 5.74) is 8.44. The number of benzene rings is 1. The number of nitrogens with zero attached hydrogens (tertiary/aromatic N) is 5. The molecule has 1 aromatic carbocycles. The lowest BCUT2D eigenvalue weighted by atomic mass is 10.2. The van der Waals surface area contributed by atoms with Gasteiger partial charge in [-0.2, -0.15) is 0 Å². The van der Waals surface area contributed by atoms with Crippen molar-refractivity contribution >= 4 is 5.82 Å². The molecule has 2 aromatic rings. The van der Waals surface area contributed by atoms with Gasteiger partial charge in [-0.25, -0.2) is 15.0 Å². The van der Waals surface area contributed by atoms with Crippen LogP contribution in [0.15, 0.2) is 61.1 Å². The van der Waals surface area contributed by atoms with Crippen molar-refractivity contribution in [1.29, 1.82) is 0 Å². The molecule has 6 nitrogen and oxygen atoms in total. The zero-order chi connectivity index (χ0) is 15.6. The molecule has 2 N–H and O–H groups in total. The quantitative estimate of drug-likeness (QED) is 0.628. The Labute approximate surface area is 133 Å². The van der Waals surface area contributed by atoms with E-state index in [0.29, 0.717) is 29.7 Å². The van der Waals surface area contributed by atoms with Crippen LogP contribution in [-0.4, -0.2) is 24.5 Å². The maximum atomic E-state index is 5.96. The summed E-state index contributed by atoms with van der Waals surface area (Å²) in [7, 11) is 0. The van der Waals surface area contributed by atoms with Gasteiger partial charge in [0.1, 0.15) is 5.69 Å². The molecule has 23 heavy (non-hydrogen) atoms. The Morgan fingerprint density at radius 3 is 2.52 bits per heavy atom. The van der Waals surface area contributed by atoms with Gasteiger partial charge in [0.05, 0.1) is 12.9 Å². The number of aromatic nitrogens is 5. The summed E-state index contributed by atoms with van der Waals surface area (Å²) in [4.78, 5) is 17.6. The van der Waals surface area contributed by atoms with Crippen LogP contribution in [0.1, 0.15) is 5.56 Å². The van der Waals surface area contributed by atoms with Gasteiger partial charge in [-0.3, -0.25) is 4.98 Å². The van der Waals surface area contributed by atoms with Gasteiger partial charge in [0.2, 0.25) is 0 Å². The average Bonchev–Trinajstić information content (AvgIpc) is 3.06. The molecule has 4 rings (SSSR count). The summed E-state index contributed by atoms with van der Waals surface area (Å²) in [5.74, 6) is 1.64. The van der Waals surface area contributed by atoms with Crippen molar-refractivity contribution in [2.75, 3.05) is 5.73 Å².